The Hall–Kier alpha value is -3.79. The van der Waals surface area contributed by atoms with E-state index in [0.717, 1.165) is 0 Å². The van der Waals surface area contributed by atoms with Crippen molar-refractivity contribution in [3.05, 3.63) is 81.0 Å². The second-order valence-corrected chi connectivity index (χ2v) is 7.43. The van der Waals surface area contributed by atoms with Crippen LogP contribution in [0.15, 0.2) is 59.8 Å². The van der Waals surface area contributed by atoms with E-state index in [4.69, 9.17) is 17.0 Å². The second kappa shape index (κ2) is 9.56. The minimum absolute atomic E-state index is 0.0958. The maximum Gasteiger partial charge on any atom is 0.338 e. The van der Waals surface area contributed by atoms with Gasteiger partial charge in [0, 0.05) is 36.1 Å². The molecule has 3 rings (SSSR count). The van der Waals surface area contributed by atoms with Gasteiger partial charge >= 0.3 is 5.97 Å². The molecule has 166 valence electrons. The van der Waals surface area contributed by atoms with Crippen LogP contribution in [-0.4, -0.2) is 40.5 Å². The number of nitrogens with zero attached hydrogens (tertiary/aromatic N) is 2. The van der Waals surface area contributed by atoms with Crippen molar-refractivity contribution < 1.29 is 19.2 Å². The number of rotatable bonds is 6. The molecule has 9 nitrogen and oxygen atoms in total. The zero-order valence-corrected chi connectivity index (χ0v) is 18.6. The normalized spacial score (nSPS) is 15.8. The number of hydrogen-bond acceptors (Lipinski definition) is 6. The Bertz CT molecular complexity index is 1110. The van der Waals surface area contributed by atoms with Crippen molar-refractivity contribution in [3.63, 3.8) is 0 Å². The summed E-state index contributed by atoms with van der Waals surface area (Å²) >= 11 is 5.39. The second-order valence-electron chi connectivity index (χ2n) is 7.04. The molecule has 1 unspecified atom stereocenters. The van der Waals surface area contributed by atoms with Gasteiger partial charge in [-0.05, 0) is 55.9 Å². The summed E-state index contributed by atoms with van der Waals surface area (Å²) in [6.45, 7) is 3.77. The van der Waals surface area contributed by atoms with Crippen LogP contribution in [0.2, 0.25) is 0 Å². The Morgan fingerprint density at radius 3 is 2.56 bits per heavy atom. The number of ether oxygens (including phenoxy) is 1. The molecule has 2 aromatic carbocycles. The van der Waals surface area contributed by atoms with Gasteiger partial charge in [-0.2, -0.15) is 0 Å². The van der Waals surface area contributed by atoms with Crippen molar-refractivity contribution in [1.29, 1.82) is 0 Å². The first kappa shape index (κ1) is 22.9. The van der Waals surface area contributed by atoms with Crippen LogP contribution in [0.1, 0.15) is 35.8 Å². The van der Waals surface area contributed by atoms with Gasteiger partial charge in [0.25, 0.3) is 11.6 Å². The largest absolute Gasteiger partial charge is 0.463 e. The zero-order chi connectivity index (χ0) is 23.4. The number of nitro groups is 1. The maximum atomic E-state index is 12.7. The van der Waals surface area contributed by atoms with E-state index in [0.29, 0.717) is 27.6 Å². The molecule has 0 saturated carbocycles. The fourth-order valence-corrected chi connectivity index (χ4v) is 3.55. The average Bonchev–Trinajstić information content (AvgIpc) is 2.77. The maximum absolute atomic E-state index is 12.7. The molecule has 0 aromatic heterocycles. The number of nitrogens with one attached hydrogen (secondary N) is 2. The van der Waals surface area contributed by atoms with Crippen molar-refractivity contribution in [1.82, 2.24) is 10.2 Å². The van der Waals surface area contributed by atoms with Crippen LogP contribution < -0.4 is 10.6 Å². The van der Waals surface area contributed by atoms with Gasteiger partial charge < -0.3 is 20.3 Å². The lowest BCUT2D eigenvalue weighted by Crippen LogP contribution is -2.46. The van der Waals surface area contributed by atoms with E-state index in [1.807, 2.05) is 6.07 Å². The molecule has 1 amide bonds. The first-order chi connectivity index (χ1) is 15.2. The third kappa shape index (κ3) is 4.75. The van der Waals surface area contributed by atoms with E-state index < -0.39 is 22.8 Å². The SMILES string of the molecule is CCOC(=O)C1=C(C)N(C)C(=S)NC1c1cccc(NC(=O)c2ccc([N+](=O)[O-])cc2)c1. The van der Waals surface area contributed by atoms with Crippen LogP contribution in [0.4, 0.5) is 11.4 Å². The molecular formula is C22H22N4O5S. The third-order valence-electron chi connectivity index (χ3n) is 5.07. The lowest BCUT2D eigenvalue weighted by molar-refractivity contribution is -0.384. The molecular weight excluding hydrogens is 432 g/mol. The Morgan fingerprint density at radius 1 is 1.25 bits per heavy atom. The van der Waals surface area contributed by atoms with Crippen LogP contribution in [0.5, 0.6) is 0 Å². The molecule has 2 N–H and O–H groups in total. The predicted molar refractivity (Wildman–Crippen MR) is 123 cm³/mol. The van der Waals surface area contributed by atoms with E-state index in [-0.39, 0.29) is 17.9 Å². The molecule has 1 aliphatic heterocycles. The van der Waals surface area contributed by atoms with Crippen LogP contribution in [0, 0.1) is 10.1 Å². The fourth-order valence-electron chi connectivity index (χ4n) is 3.29. The molecule has 0 spiro atoms. The lowest BCUT2D eigenvalue weighted by atomic mass is 9.95. The number of anilines is 1. The van der Waals surface area contributed by atoms with Crippen LogP contribution >= 0.6 is 12.2 Å². The summed E-state index contributed by atoms with van der Waals surface area (Å²) in [5.41, 5.74) is 2.51. The number of esters is 1. The highest BCUT2D eigenvalue weighted by Crippen LogP contribution is 2.32. The van der Waals surface area contributed by atoms with E-state index in [1.165, 1.54) is 24.3 Å². The van der Waals surface area contributed by atoms with E-state index in [9.17, 15) is 19.7 Å². The number of hydrogen-bond donors (Lipinski definition) is 2. The van der Waals surface area contributed by atoms with Crippen LogP contribution in [-0.2, 0) is 9.53 Å². The number of carbonyl (C=O) groups is 2. The summed E-state index contributed by atoms with van der Waals surface area (Å²) in [6, 6.07) is 11.8. The predicted octanol–water partition coefficient (Wildman–Crippen LogP) is 3.55. The van der Waals surface area contributed by atoms with Crippen molar-refractivity contribution in [2.75, 3.05) is 19.0 Å². The summed E-state index contributed by atoms with van der Waals surface area (Å²) in [5.74, 6) is -0.863. The van der Waals surface area contributed by atoms with Gasteiger partial charge in [-0.25, -0.2) is 4.79 Å². The highest BCUT2D eigenvalue weighted by molar-refractivity contribution is 7.80. The first-order valence-corrected chi connectivity index (χ1v) is 10.2. The van der Waals surface area contributed by atoms with Gasteiger partial charge in [-0.3, -0.25) is 14.9 Å². The molecule has 1 aliphatic rings. The van der Waals surface area contributed by atoms with Crippen molar-refractivity contribution in [2.24, 2.45) is 0 Å². The number of thiocarbonyl (C=S) groups is 1. The van der Waals surface area contributed by atoms with Gasteiger partial charge in [0.2, 0.25) is 0 Å². The van der Waals surface area contributed by atoms with E-state index in [1.54, 1.807) is 44.0 Å². The number of non-ortho nitro benzene ring substituents is 1. The van der Waals surface area contributed by atoms with Gasteiger partial charge in [0.15, 0.2) is 5.11 Å². The summed E-state index contributed by atoms with van der Waals surface area (Å²) in [4.78, 5) is 37.2. The summed E-state index contributed by atoms with van der Waals surface area (Å²) in [6.07, 6.45) is 0. The molecule has 0 aliphatic carbocycles. The third-order valence-corrected chi connectivity index (χ3v) is 5.46. The molecule has 10 heteroatoms. The van der Waals surface area contributed by atoms with Gasteiger partial charge in [-0.15, -0.1) is 0 Å². The van der Waals surface area contributed by atoms with Gasteiger partial charge in [0.05, 0.1) is 23.1 Å². The topological polar surface area (TPSA) is 114 Å². The summed E-state index contributed by atoms with van der Waals surface area (Å²) in [5, 5.41) is 17.2. The first-order valence-electron chi connectivity index (χ1n) is 9.80. The monoisotopic (exact) mass is 454 g/mol. The Kier molecular flexibility index (Phi) is 6.84. The number of nitro benzene ring substituents is 1. The molecule has 1 atom stereocenters. The van der Waals surface area contributed by atoms with Crippen molar-refractivity contribution in [3.8, 4) is 0 Å². The Morgan fingerprint density at radius 2 is 1.94 bits per heavy atom. The Labute approximate surface area is 190 Å². The Balaban J connectivity index is 1.88. The van der Waals surface area contributed by atoms with E-state index in [2.05, 4.69) is 10.6 Å². The molecule has 0 saturated heterocycles. The van der Waals surface area contributed by atoms with Crippen LogP contribution in [0.3, 0.4) is 0 Å². The quantitative estimate of drug-likeness (QED) is 0.295. The van der Waals surface area contributed by atoms with Gasteiger partial charge in [0.1, 0.15) is 0 Å². The standard InChI is InChI=1S/C22H22N4O5S/c1-4-31-21(28)18-13(2)25(3)22(32)24-19(18)15-6-5-7-16(12-15)23-20(27)14-8-10-17(11-9-14)26(29)30/h5-12,19H,4H2,1-3H3,(H,23,27)(H,24,32). The molecule has 0 bridgehead atoms. The minimum Gasteiger partial charge on any atom is -0.463 e. The molecule has 1 heterocycles. The number of amides is 1. The zero-order valence-electron chi connectivity index (χ0n) is 17.7. The number of carbonyl (C=O) groups excluding carboxylic acids is 2. The van der Waals surface area contributed by atoms with Crippen molar-refractivity contribution >= 4 is 40.6 Å². The molecule has 0 radical (unpaired) electrons. The minimum atomic E-state index is -0.547. The van der Waals surface area contributed by atoms with Crippen molar-refractivity contribution in [2.45, 2.75) is 19.9 Å². The highest BCUT2D eigenvalue weighted by atomic mass is 32.1. The average molecular weight is 455 g/mol. The van der Waals surface area contributed by atoms with E-state index >= 15 is 0 Å². The number of benzene rings is 2. The molecule has 0 fully saturated rings. The molecule has 2 aromatic rings. The summed E-state index contributed by atoms with van der Waals surface area (Å²) < 4.78 is 5.24. The highest BCUT2D eigenvalue weighted by Gasteiger charge is 2.33. The number of allylic oxidation sites excluding steroid dienone is 1. The molecule has 32 heavy (non-hydrogen) atoms. The van der Waals surface area contributed by atoms with Crippen LogP contribution in [0.25, 0.3) is 0 Å². The summed E-state index contributed by atoms with van der Waals surface area (Å²) in [7, 11) is 1.76. The smallest absolute Gasteiger partial charge is 0.338 e. The lowest BCUT2D eigenvalue weighted by Gasteiger charge is -2.35. The fraction of sp³-hybridized carbons (Fsp3) is 0.227. The van der Waals surface area contributed by atoms with Gasteiger partial charge in [-0.1, -0.05) is 12.1 Å².